The lowest BCUT2D eigenvalue weighted by Gasteiger charge is -2.29. The molecule has 2 bridgehead atoms. The molecule has 2 aliphatic heterocycles. The van der Waals surface area contributed by atoms with Crippen molar-refractivity contribution in [1.82, 2.24) is 9.80 Å². The van der Waals surface area contributed by atoms with E-state index in [2.05, 4.69) is 5.38 Å². The van der Waals surface area contributed by atoms with Crippen LogP contribution in [0.5, 0.6) is 0 Å². The number of carbonyl (C=O) groups excluding carboxylic acids is 2. The van der Waals surface area contributed by atoms with E-state index >= 15 is 0 Å². The Hall–Kier alpha value is -1.40. The Morgan fingerprint density at radius 1 is 1.26 bits per heavy atom. The van der Waals surface area contributed by atoms with Gasteiger partial charge in [-0.2, -0.15) is 0 Å². The molecule has 2 atom stereocenters. The molecule has 6 heteroatoms. The van der Waals surface area contributed by atoms with E-state index in [1.54, 1.807) is 16.2 Å². The minimum atomic E-state index is -0.229. The maximum Gasteiger partial charge on any atom is 0.264 e. The van der Waals surface area contributed by atoms with E-state index in [0.717, 1.165) is 17.7 Å². The molecule has 3 aliphatic rings. The Bertz CT molecular complexity index is 642. The van der Waals surface area contributed by atoms with Crippen LogP contribution in [0, 0.1) is 5.92 Å². The van der Waals surface area contributed by atoms with E-state index in [4.69, 9.17) is 4.74 Å². The fourth-order valence-corrected chi connectivity index (χ4v) is 5.03. The van der Waals surface area contributed by atoms with Crippen LogP contribution in [0.4, 0.5) is 0 Å². The SMILES string of the molecule is CN1C(=O)[C@H]2COC[C@@H]1CN(C(=O)c1scc3c1CCCC3)C2. The van der Waals surface area contributed by atoms with Gasteiger partial charge in [-0.15, -0.1) is 11.3 Å². The first-order chi connectivity index (χ1) is 11.1. The van der Waals surface area contributed by atoms with Gasteiger partial charge in [0.05, 0.1) is 30.1 Å². The van der Waals surface area contributed by atoms with Crippen molar-refractivity contribution in [2.75, 3.05) is 33.4 Å². The van der Waals surface area contributed by atoms with E-state index < -0.39 is 0 Å². The second kappa shape index (κ2) is 5.91. The Balaban J connectivity index is 1.62. The van der Waals surface area contributed by atoms with Crippen LogP contribution in [-0.2, 0) is 22.4 Å². The Morgan fingerprint density at radius 2 is 2.09 bits per heavy atom. The summed E-state index contributed by atoms with van der Waals surface area (Å²) in [6, 6.07) is -0.0326. The third-order valence-corrected chi connectivity index (χ3v) is 6.39. The van der Waals surface area contributed by atoms with Crippen LogP contribution in [0.25, 0.3) is 0 Å². The Labute approximate surface area is 140 Å². The molecule has 0 N–H and O–H groups in total. The molecule has 0 saturated carbocycles. The van der Waals surface area contributed by atoms with Gasteiger partial charge in [-0.25, -0.2) is 0 Å². The zero-order valence-corrected chi connectivity index (χ0v) is 14.2. The molecule has 0 radical (unpaired) electrons. The van der Waals surface area contributed by atoms with E-state index in [1.807, 2.05) is 11.9 Å². The first kappa shape index (κ1) is 15.1. The van der Waals surface area contributed by atoms with Gasteiger partial charge in [0.1, 0.15) is 0 Å². The Kier molecular flexibility index (Phi) is 3.89. The number of fused-ring (bicyclic) bond motifs is 4. The lowest BCUT2D eigenvalue weighted by molar-refractivity contribution is -0.133. The van der Waals surface area contributed by atoms with Gasteiger partial charge in [-0.05, 0) is 42.2 Å². The highest BCUT2D eigenvalue weighted by Gasteiger charge is 2.39. The number of hydrogen-bond donors (Lipinski definition) is 0. The third-order valence-electron chi connectivity index (χ3n) is 5.33. The number of amides is 2. The van der Waals surface area contributed by atoms with Crippen molar-refractivity contribution in [3.63, 3.8) is 0 Å². The summed E-state index contributed by atoms with van der Waals surface area (Å²) in [6.07, 6.45) is 4.51. The monoisotopic (exact) mass is 334 g/mol. The van der Waals surface area contributed by atoms with Crippen LogP contribution >= 0.6 is 11.3 Å². The molecule has 1 aromatic heterocycles. The van der Waals surface area contributed by atoms with Crippen LogP contribution in [0.1, 0.15) is 33.6 Å². The van der Waals surface area contributed by atoms with Crippen molar-refractivity contribution in [1.29, 1.82) is 0 Å². The number of likely N-dealkylation sites (N-methyl/N-ethyl adjacent to an activating group) is 1. The van der Waals surface area contributed by atoms with Crippen molar-refractivity contribution in [2.24, 2.45) is 5.92 Å². The highest BCUT2D eigenvalue weighted by molar-refractivity contribution is 7.12. The zero-order chi connectivity index (χ0) is 16.0. The lowest BCUT2D eigenvalue weighted by Crippen LogP contribution is -2.45. The van der Waals surface area contributed by atoms with Gasteiger partial charge in [0.25, 0.3) is 5.91 Å². The van der Waals surface area contributed by atoms with Crippen LogP contribution < -0.4 is 0 Å². The fourth-order valence-electron chi connectivity index (χ4n) is 3.91. The highest BCUT2D eigenvalue weighted by Crippen LogP contribution is 2.31. The summed E-state index contributed by atoms with van der Waals surface area (Å²) in [4.78, 5) is 30.1. The van der Waals surface area contributed by atoms with Gasteiger partial charge in [0.2, 0.25) is 5.91 Å². The summed E-state index contributed by atoms with van der Waals surface area (Å²) < 4.78 is 5.61. The summed E-state index contributed by atoms with van der Waals surface area (Å²) >= 11 is 1.58. The molecule has 2 saturated heterocycles. The van der Waals surface area contributed by atoms with E-state index in [0.29, 0.717) is 26.3 Å². The number of thiophene rings is 1. The first-order valence-corrected chi connectivity index (χ1v) is 9.26. The molecule has 0 spiro atoms. The number of ether oxygens (including phenoxy) is 1. The number of carbonyl (C=O) groups is 2. The van der Waals surface area contributed by atoms with Crippen molar-refractivity contribution in [2.45, 2.75) is 31.7 Å². The lowest BCUT2D eigenvalue weighted by atomic mass is 9.93. The van der Waals surface area contributed by atoms with Crippen molar-refractivity contribution in [3.05, 3.63) is 21.4 Å². The summed E-state index contributed by atoms with van der Waals surface area (Å²) in [6.45, 7) is 1.99. The van der Waals surface area contributed by atoms with Crippen molar-refractivity contribution < 1.29 is 14.3 Å². The topological polar surface area (TPSA) is 49.9 Å². The molecule has 2 amide bonds. The number of aryl methyl sites for hydroxylation is 1. The quantitative estimate of drug-likeness (QED) is 0.783. The number of hydrogen-bond acceptors (Lipinski definition) is 4. The predicted molar refractivity (Wildman–Crippen MR) is 87.7 cm³/mol. The summed E-state index contributed by atoms with van der Waals surface area (Å²) in [5.41, 5.74) is 2.62. The average molecular weight is 334 g/mol. The van der Waals surface area contributed by atoms with Gasteiger partial charge in [-0.1, -0.05) is 0 Å². The molecular formula is C17H22N2O3S. The molecule has 1 aliphatic carbocycles. The summed E-state index contributed by atoms with van der Waals surface area (Å²) in [5.74, 6) is -0.0126. The summed E-state index contributed by atoms with van der Waals surface area (Å²) in [5, 5.41) is 2.15. The third kappa shape index (κ3) is 2.58. The standard InChI is InChI=1S/C17H22N2O3S/c1-18-13-7-19(6-12(16(18)20)8-22-9-13)17(21)15-14-5-3-2-4-11(14)10-23-15/h10,12-13H,2-9H2,1H3/t12-,13+/m1/s1. The van der Waals surface area contributed by atoms with E-state index in [1.165, 1.54) is 24.0 Å². The largest absolute Gasteiger partial charge is 0.378 e. The molecule has 0 aromatic carbocycles. The molecule has 23 heavy (non-hydrogen) atoms. The number of nitrogens with zero attached hydrogens (tertiary/aromatic N) is 2. The van der Waals surface area contributed by atoms with Gasteiger partial charge in [-0.3, -0.25) is 9.59 Å². The first-order valence-electron chi connectivity index (χ1n) is 8.38. The van der Waals surface area contributed by atoms with Gasteiger partial charge in [0, 0.05) is 20.1 Å². The molecule has 5 nitrogen and oxygen atoms in total. The van der Waals surface area contributed by atoms with Crippen molar-refractivity contribution >= 4 is 23.2 Å². The smallest absolute Gasteiger partial charge is 0.264 e. The molecule has 124 valence electrons. The molecule has 4 rings (SSSR count). The zero-order valence-electron chi connectivity index (χ0n) is 13.4. The van der Waals surface area contributed by atoms with E-state index in [9.17, 15) is 9.59 Å². The van der Waals surface area contributed by atoms with Gasteiger partial charge in [0.15, 0.2) is 0 Å². The molecule has 3 heterocycles. The minimum Gasteiger partial charge on any atom is -0.378 e. The van der Waals surface area contributed by atoms with Gasteiger partial charge >= 0.3 is 0 Å². The Morgan fingerprint density at radius 3 is 2.96 bits per heavy atom. The second-order valence-electron chi connectivity index (χ2n) is 6.82. The maximum absolute atomic E-state index is 13.1. The summed E-state index contributed by atoms with van der Waals surface area (Å²) in [7, 11) is 1.83. The average Bonchev–Trinajstić information content (AvgIpc) is 2.87. The maximum atomic E-state index is 13.1. The normalized spacial score (nSPS) is 27.6. The molecular weight excluding hydrogens is 312 g/mol. The number of rotatable bonds is 1. The predicted octanol–water partition coefficient (Wildman–Crippen LogP) is 1.56. The molecule has 1 aromatic rings. The minimum absolute atomic E-state index is 0.0326. The fraction of sp³-hybridized carbons (Fsp3) is 0.647. The van der Waals surface area contributed by atoms with Crippen LogP contribution in [0.2, 0.25) is 0 Å². The van der Waals surface area contributed by atoms with E-state index in [-0.39, 0.29) is 23.8 Å². The molecule has 2 fully saturated rings. The highest BCUT2D eigenvalue weighted by atomic mass is 32.1. The van der Waals surface area contributed by atoms with Crippen LogP contribution in [0.15, 0.2) is 5.38 Å². The van der Waals surface area contributed by atoms with Gasteiger partial charge < -0.3 is 14.5 Å². The van der Waals surface area contributed by atoms with Crippen molar-refractivity contribution in [3.8, 4) is 0 Å². The van der Waals surface area contributed by atoms with Crippen LogP contribution in [0.3, 0.4) is 0 Å². The molecule has 0 unspecified atom stereocenters. The second-order valence-corrected chi connectivity index (χ2v) is 7.70. The van der Waals surface area contributed by atoms with Crippen LogP contribution in [-0.4, -0.2) is 61.0 Å².